The monoisotopic (exact) mass is 442 g/mol. The van der Waals surface area contributed by atoms with Gasteiger partial charge in [0.25, 0.3) is 5.60 Å². The highest BCUT2D eigenvalue weighted by Crippen LogP contribution is 2.40. The summed E-state index contributed by atoms with van der Waals surface area (Å²) < 4.78 is 18.9. The molecule has 2 aliphatic rings. The number of aliphatic hydroxyl groups excluding tert-OH is 7. The molecule has 0 saturated carbocycles. The van der Waals surface area contributed by atoms with Gasteiger partial charge in [-0.3, -0.25) is 0 Å². The topological polar surface area (TPSA) is 250 Å². The van der Waals surface area contributed by atoms with Crippen molar-refractivity contribution in [1.29, 1.82) is 0 Å². The molecule has 8 N–H and O–H groups in total. The van der Waals surface area contributed by atoms with E-state index in [9.17, 15) is 55.2 Å². The molecule has 30 heavy (non-hydrogen) atoms. The summed E-state index contributed by atoms with van der Waals surface area (Å²) in [7, 11) is 0. The molecule has 0 bridgehead atoms. The van der Waals surface area contributed by atoms with Gasteiger partial charge in [0.05, 0.1) is 26.4 Å². The van der Waals surface area contributed by atoms with E-state index in [1.807, 2.05) is 0 Å². The largest absolute Gasteiger partial charge is 0.445 e. The Labute approximate surface area is 167 Å². The number of aliphatic hydroxyl groups is 8. The van der Waals surface area contributed by atoms with Gasteiger partial charge in [-0.25, -0.2) is 14.4 Å². The lowest BCUT2D eigenvalue weighted by atomic mass is 9.81. The zero-order valence-corrected chi connectivity index (χ0v) is 15.2. The molecule has 0 amide bonds. The Kier molecular flexibility index (Phi) is 7.33. The molecule has 2 aliphatic heterocycles. The zero-order chi connectivity index (χ0) is 22.9. The molecule has 0 aliphatic carbocycles. The summed E-state index contributed by atoms with van der Waals surface area (Å²) >= 11 is 0. The highest BCUT2D eigenvalue weighted by atomic mass is 16.7. The lowest BCUT2D eigenvalue weighted by molar-refractivity contribution is -0.398. The van der Waals surface area contributed by atoms with Crippen molar-refractivity contribution in [2.24, 2.45) is 0 Å². The number of ether oxygens (including phenoxy) is 4. The van der Waals surface area contributed by atoms with Crippen molar-refractivity contribution >= 4 is 17.9 Å². The Bertz CT molecular complexity index is 664. The maximum atomic E-state index is 12.8. The van der Waals surface area contributed by atoms with Gasteiger partial charge in [-0.05, 0) is 0 Å². The molecule has 15 nitrogen and oxygen atoms in total. The summed E-state index contributed by atoms with van der Waals surface area (Å²) in [4.78, 5) is 37.0. The number of hydrogen-bond acceptors (Lipinski definition) is 15. The van der Waals surface area contributed by atoms with Crippen LogP contribution in [0.1, 0.15) is 0 Å². The van der Waals surface area contributed by atoms with Gasteiger partial charge < -0.3 is 59.8 Å². The van der Waals surface area contributed by atoms with E-state index in [4.69, 9.17) is 9.47 Å². The van der Waals surface area contributed by atoms with Crippen LogP contribution in [0.25, 0.3) is 0 Å². The van der Waals surface area contributed by atoms with Gasteiger partial charge in [0, 0.05) is 0 Å². The maximum Gasteiger partial charge on any atom is 0.359 e. The SMILES string of the molecule is O=C1OC(CO)([C@@]2(O)O[C@H](CO)[C@H](O)[C@H](O)[C@H]2O)C(=O)OC(CO)C(=O)OC1CO. The van der Waals surface area contributed by atoms with E-state index in [0.717, 1.165) is 0 Å². The summed E-state index contributed by atoms with van der Waals surface area (Å²) in [6.07, 6.45) is -13.0. The molecule has 0 radical (unpaired) electrons. The van der Waals surface area contributed by atoms with Crippen LogP contribution in [0.4, 0.5) is 0 Å². The van der Waals surface area contributed by atoms with E-state index < -0.39 is 92.3 Å². The van der Waals surface area contributed by atoms with Gasteiger partial charge >= 0.3 is 17.9 Å². The minimum absolute atomic E-state index is 1.07. The quantitative estimate of drug-likeness (QED) is 0.145. The summed E-state index contributed by atoms with van der Waals surface area (Å²) in [5.41, 5.74) is -3.42. The van der Waals surface area contributed by atoms with Crippen LogP contribution in [0.2, 0.25) is 0 Å². The Morgan fingerprint density at radius 2 is 1.37 bits per heavy atom. The molecule has 0 aromatic carbocycles. The first-order chi connectivity index (χ1) is 14.0. The van der Waals surface area contributed by atoms with Crippen LogP contribution >= 0.6 is 0 Å². The summed E-state index contributed by atoms with van der Waals surface area (Å²) in [6, 6.07) is 0. The van der Waals surface area contributed by atoms with Crippen LogP contribution in [0.15, 0.2) is 0 Å². The number of carbonyl (C=O) groups excluding carboxylic acids is 3. The third kappa shape index (κ3) is 3.75. The van der Waals surface area contributed by atoms with Crippen molar-refractivity contribution in [3.05, 3.63) is 0 Å². The molecule has 2 saturated heterocycles. The molecule has 3 unspecified atom stereocenters. The fraction of sp³-hybridized carbons (Fsp3) is 0.800. The van der Waals surface area contributed by atoms with Crippen molar-refractivity contribution < 1.29 is 74.2 Å². The number of esters is 3. The standard InChI is InChI=1S/C15H22O15/c16-1-5-8(20)9(21)10(22)15(26,29-5)14(4-19)13(25)28-6(2-17)11(23)27-7(3-18)12(24)30-14/h5-10,16-22,26H,1-4H2/t5-,6?,7?,8+,9+,10-,14?,15+/m1/s1. The third-order valence-electron chi connectivity index (χ3n) is 4.74. The fourth-order valence-corrected chi connectivity index (χ4v) is 2.96. The van der Waals surface area contributed by atoms with Crippen LogP contribution in [-0.4, -0.2) is 133 Å². The minimum Gasteiger partial charge on any atom is -0.445 e. The van der Waals surface area contributed by atoms with Gasteiger partial charge in [-0.2, -0.15) is 0 Å². The van der Waals surface area contributed by atoms with Crippen molar-refractivity contribution in [2.45, 2.75) is 48.0 Å². The average Bonchev–Trinajstić information content (AvgIpc) is 2.77. The first-order valence-corrected chi connectivity index (χ1v) is 8.55. The third-order valence-corrected chi connectivity index (χ3v) is 4.74. The summed E-state index contributed by atoms with van der Waals surface area (Å²) in [6.45, 7) is -5.14. The molecule has 0 spiro atoms. The number of cyclic esters (lactones) is 3. The Morgan fingerprint density at radius 1 is 0.800 bits per heavy atom. The smallest absolute Gasteiger partial charge is 0.359 e. The lowest BCUT2D eigenvalue weighted by Gasteiger charge is -2.51. The molecule has 0 aromatic heterocycles. The summed E-state index contributed by atoms with van der Waals surface area (Å²) in [5, 5.41) is 78.8. The zero-order valence-electron chi connectivity index (χ0n) is 15.2. The second-order valence-corrected chi connectivity index (χ2v) is 6.55. The first kappa shape index (κ1) is 24.3. The molecule has 172 valence electrons. The highest BCUT2D eigenvalue weighted by Gasteiger charge is 2.71. The Morgan fingerprint density at radius 3 is 1.87 bits per heavy atom. The van der Waals surface area contributed by atoms with Crippen molar-refractivity contribution in [3.63, 3.8) is 0 Å². The predicted octanol–water partition coefficient (Wildman–Crippen LogP) is -6.76. The number of hydrogen-bond donors (Lipinski definition) is 8. The van der Waals surface area contributed by atoms with E-state index in [0.29, 0.717) is 0 Å². The second kappa shape index (κ2) is 9.04. The molecule has 2 rings (SSSR count). The normalized spacial score (nSPS) is 43.0. The van der Waals surface area contributed by atoms with Gasteiger partial charge in [0.1, 0.15) is 24.4 Å². The highest BCUT2D eigenvalue weighted by molar-refractivity contribution is 5.91. The number of rotatable bonds is 5. The van der Waals surface area contributed by atoms with Gasteiger partial charge in [0.15, 0.2) is 0 Å². The maximum absolute atomic E-state index is 12.8. The predicted molar refractivity (Wildman–Crippen MR) is 84.8 cm³/mol. The average molecular weight is 442 g/mol. The van der Waals surface area contributed by atoms with Crippen molar-refractivity contribution in [1.82, 2.24) is 0 Å². The van der Waals surface area contributed by atoms with E-state index in [2.05, 4.69) is 9.47 Å². The molecular formula is C15H22O15. The van der Waals surface area contributed by atoms with Crippen LogP contribution in [-0.2, 0) is 33.3 Å². The Balaban J connectivity index is 2.64. The van der Waals surface area contributed by atoms with Gasteiger partial charge in [-0.15, -0.1) is 0 Å². The molecule has 2 heterocycles. The minimum atomic E-state index is -3.55. The van der Waals surface area contributed by atoms with Crippen LogP contribution in [0.3, 0.4) is 0 Å². The van der Waals surface area contributed by atoms with E-state index in [-0.39, 0.29) is 0 Å². The molecule has 0 aromatic rings. The molecule has 2 fully saturated rings. The van der Waals surface area contributed by atoms with Crippen LogP contribution in [0, 0.1) is 0 Å². The van der Waals surface area contributed by atoms with E-state index in [1.165, 1.54) is 0 Å². The van der Waals surface area contributed by atoms with E-state index in [1.54, 1.807) is 0 Å². The number of carbonyl (C=O) groups is 3. The van der Waals surface area contributed by atoms with Crippen molar-refractivity contribution in [3.8, 4) is 0 Å². The van der Waals surface area contributed by atoms with Gasteiger partial charge in [0.2, 0.25) is 18.0 Å². The Hall–Kier alpha value is -1.95. The summed E-state index contributed by atoms with van der Waals surface area (Å²) in [5.74, 6) is -8.67. The molecule has 15 heteroatoms. The molecular weight excluding hydrogens is 420 g/mol. The second-order valence-electron chi connectivity index (χ2n) is 6.55. The van der Waals surface area contributed by atoms with Crippen LogP contribution < -0.4 is 0 Å². The van der Waals surface area contributed by atoms with Crippen molar-refractivity contribution in [2.75, 3.05) is 26.4 Å². The van der Waals surface area contributed by atoms with Crippen LogP contribution in [0.5, 0.6) is 0 Å². The van der Waals surface area contributed by atoms with Gasteiger partial charge in [-0.1, -0.05) is 0 Å². The molecule has 8 atom stereocenters. The lowest BCUT2D eigenvalue weighted by Crippen LogP contribution is -2.78. The fourth-order valence-electron chi connectivity index (χ4n) is 2.96. The van der Waals surface area contributed by atoms with E-state index >= 15 is 0 Å². The first-order valence-electron chi connectivity index (χ1n) is 8.55.